The lowest BCUT2D eigenvalue weighted by Crippen LogP contribution is -2.38. The van der Waals surface area contributed by atoms with E-state index >= 15 is 0 Å². The molecule has 3 aromatic rings. The Labute approximate surface area is 206 Å². The van der Waals surface area contributed by atoms with E-state index in [2.05, 4.69) is 21.2 Å². The molecule has 0 saturated heterocycles. The van der Waals surface area contributed by atoms with E-state index in [-0.39, 0.29) is 17.4 Å². The second-order valence-electron chi connectivity index (χ2n) is 7.84. The van der Waals surface area contributed by atoms with Gasteiger partial charge in [-0.15, -0.1) is 0 Å². The van der Waals surface area contributed by atoms with Crippen molar-refractivity contribution in [1.82, 2.24) is 4.31 Å². The number of halogens is 1. The Balaban J connectivity index is 1.55. The van der Waals surface area contributed by atoms with E-state index in [0.717, 1.165) is 14.3 Å². The average Bonchev–Trinajstić information content (AvgIpc) is 2.82. The summed E-state index contributed by atoms with van der Waals surface area (Å²) in [5, 5.41) is 2.80. The fourth-order valence-corrected chi connectivity index (χ4v) is 4.58. The third-order valence-electron chi connectivity index (χ3n) is 5.31. The predicted octanol–water partition coefficient (Wildman–Crippen LogP) is 3.88. The Hall–Kier alpha value is -3.21. The lowest BCUT2D eigenvalue weighted by atomic mass is 10.1. The molecule has 3 aromatic carbocycles. The lowest BCUT2D eigenvalue weighted by Gasteiger charge is -2.30. The summed E-state index contributed by atoms with van der Waals surface area (Å²) in [6.07, 6.45) is 0. The fourth-order valence-electron chi connectivity index (χ4n) is 3.42. The Morgan fingerprint density at radius 2 is 1.74 bits per heavy atom. The standard InChI is InChI=1S/C24H22BrN3O5S/c1-27(2)34(31,32)20-10-5-17(6-11-20)24(30)26-19-9-12-22-21(13-19)28(23(29)15-33-22)14-16-3-7-18(25)8-4-16/h3-13H,14-15H2,1-2H3,(H,26,30). The van der Waals surface area contributed by atoms with Crippen molar-refractivity contribution < 1.29 is 22.7 Å². The second kappa shape index (κ2) is 9.57. The number of benzene rings is 3. The SMILES string of the molecule is CN(C)S(=O)(=O)c1ccc(C(=O)Nc2ccc3c(c2)N(Cc2ccc(Br)cc2)C(=O)CO3)cc1. The molecule has 0 saturated carbocycles. The molecule has 34 heavy (non-hydrogen) atoms. The van der Waals surface area contributed by atoms with Crippen LogP contribution in [0.2, 0.25) is 0 Å². The summed E-state index contributed by atoms with van der Waals surface area (Å²) in [6, 6.07) is 18.5. The van der Waals surface area contributed by atoms with E-state index in [1.807, 2.05) is 24.3 Å². The first-order valence-corrected chi connectivity index (χ1v) is 12.5. The molecule has 0 bridgehead atoms. The summed E-state index contributed by atoms with van der Waals surface area (Å²) in [5.74, 6) is -0.0409. The molecule has 8 nitrogen and oxygen atoms in total. The Morgan fingerprint density at radius 1 is 1.06 bits per heavy atom. The molecule has 0 spiro atoms. The topological polar surface area (TPSA) is 96.0 Å². The first-order valence-electron chi connectivity index (χ1n) is 10.3. The Morgan fingerprint density at radius 3 is 2.38 bits per heavy atom. The summed E-state index contributed by atoms with van der Waals surface area (Å²) >= 11 is 3.41. The molecule has 0 unspecified atom stereocenters. The van der Waals surface area contributed by atoms with Gasteiger partial charge in [-0.2, -0.15) is 0 Å². The number of hydrogen-bond donors (Lipinski definition) is 1. The van der Waals surface area contributed by atoms with Crippen LogP contribution in [0.15, 0.2) is 76.1 Å². The monoisotopic (exact) mass is 543 g/mol. The zero-order valence-electron chi connectivity index (χ0n) is 18.5. The van der Waals surface area contributed by atoms with Gasteiger partial charge in [-0.05, 0) is 60.2 Å². The number of fused-ring (bicyclic) bond motifs is 1. The number of sulfonamides is 1. The maximum absolute atomic E-state index is 12.8. The minimum absolute atomic E-state index is 0.0581. The smallest absolute Gasteiger partial charge is 0.265 e. The first-order chi connectivity index (χ1) is 16.1. The van der Waals surface area contributed by atoms with Crippen LogP contribution >= 0.6 is 15.9 Å². The number of hydrogen-bond acceptors (Lipinski definition) is 5. The molecule has 0 fully saturated rings. The minimum atomic E-state index is -3.58. The Kier molecular flexibility index (Phi) is 6.74. The van der Waals surface area contributed by atoms with Crippen molar-refractivity contribution in [2.75, 3.05) is 30.9 Å². The van der Waals surface area contributed by atoms with Crippen LogP contribution < -0.4 is 15.0 Å². The van der Waals surface area contributed by atoms with Crippen LogP contribution in [-0.4, -0.2) is 45.2 Å². The van der Waals surface area contributed by atoms with E-state index in [1.165, 1.54) is 38.4 Å². The normalized spacial score (nSPS) is 13.4. The van der Waals surface area contributed by atoms with E-state index < -0.39 is 15.9 Å². The molecule has 176 valence electrons. The van der Waals surface area contributed by atoms with Crippen molar-refractivity contribution in [3.63, 3.8) is 0 Å². The quantitative estimate of drug-likeness (QED) is 0.509. The number of nitrogens with one attached hydrogen (secondary N) is 1. The summed E-state index contributed by atoms with van der Waals surface area (Å²) < 4.78 is 32.1. The van der Waals surface area contributed by atoms with E-state index in [9.17, 15) is 18.0 Å². The van der Waals surface area contributed by atoms with Gasteiger partial charge in [0.15, 0.2) is 6.61 Å². The summed E-state index contributed by atoms with van der Waals surface area (Å²) in [5.41, 5.74) is 2.29. The number of carbonyl (C=O) groups is 2. The van der Waals surface area contributed by atoms with Crippen molar-refractivity contribution in [2.45, 2.75) is 11.4 Å². The molecule has 1 aliphatic rings. The first kappa shape index (κ1) is 23.9. The highest BCUT2D eigenvalue weighted by Gasteiger charge is 2.26. The van der Waals surface area contributed by atoms with Gasteiger partial charge in [-0.3, -0.25) is 9.59 Å². The second-order valence-corrected chi connectivity index (χ2v) is 10.9. The van der Waals surface area contributed by atoms with Crippen molar-refractivity contribution in [3.05, 3.63) is 82.3 Å². The third kappa shape index (κ3) is 4.98. The van der Waals surface area contributed by atoms with Crippen molar-refractivity contribution in [2.24, 2.45) is 0 Å². The number of nitrogens with zero attached hydrogens (tertiary/aromatic N) is 2. The Bertz CT molecular complexity index is 1340. The summed E-state index contributed by atoms with van der Waals surface area (Å²) in [6.45, 7) is 0.305. The van der Waals surface area contributed by atoms with Crippen molar-refractivity contribution >= 4 is 49.1 Å². The highest BCUT2D eigenvalue weighted by molar-refractivity contribution is 9.10. The molecule has 0 radical (unpaired) electrons. The maximum atomic E-state index is 12.8. The van der Waals surface area contributed by atoms with Gasteiger partial charge in [0.2, 0.25) is 10.0 Å². The van der Waals surface area contributed by atoms with Crippen molar-refractivity contribution in [3.8, 4) is 5.75 Å². The molecular formula is C24H22BrN3O5S. The van der Waals surface area contributed by atoms with Crippen molar-refractivity contribution in [1.29, 1.82) is 0 Å². The molecule has 1 N–H and O–H groups in total. The summed E-state index contributed by atoms with van der Waals surface area (Å²) in [7, 11) is -0.691. The third-order valence-corrected chi connectivity index (χ3v) is 7.67. The van der Waals surface area contributed by atoms with Crippen LogP contribution in [-0.2, 0) is 21.4 Å². The van der Waals surface area contributed by atoms with Gasteiger partial charge in [0.25, 0.3) is 11.8 Å². The van der Waals surface area contributed by atoms with Crippen LogP contribution in [0.3, 0.4) is 0 Å². The minimum Gasteiger partial charge on any atom is -0.482 e. The van der Waals surface area contributed by atoms with E-state index in [1.54, 1.807) is 23.1 Å². The lowest BCUT2D eigenvalue weighted by molar-refractivity contribution is -0.121. The van der Waals surface area contributed by atoms with Crippen LogP contribution in [0, 0.1) is 0 Å². The van der Waals surface area contributed by atoms with Crippen LogP contribution in [0.25, 0.3) is 0 Å². The van der Waals surface area contributed by atoms with Gasteiger partial charge in [0.1, 0.15) is 5.75 Å². The van der Waals surface area contributed by atoms with Crippen LogP contribution in [0.4, 0.5) is 11.4 Å². The van der Waals surface area contributed by atoms with Gasteiger partial charge in [-0.1, -0.05) is 28.1 Å². The number of rotatable bonds is 6. The molecular weight excluding hydrogens is 522 g/mol. The molecule has 0 atom stereocenters. The van der Waals surface area contributed by atoms with Gasteiger partial charge in [0.05, 0.1) is 17.1 Å². The number of amides is 2. The molecule has 0 aliphatic carbocycles. The van der Waals surface area contributed by atoms with E-state index in [0.29, 0.717) is 29.2 Å². The molecule has 1 aliphatic heterocycles. The summed E-state index contributed by atoms with van der Waals surface area (Å²) in [4.78, 5) is 27.1. The average molecular weight is 544 g/mol. The highest BCUT2D eigenvalue weighted by Crippen LogP contribution is 2.35. The number of ether oxygens (including phenoxy) is 1. The van der Waals surface area contributed by atoms with Crippen LogP contribution in [0.5, 0.6) is 5.75 Å². The zero-order valence-corrected chi connectivity index (χ0v) is 20.9. The van der Waals surface area contributed by atoms with Gasteiger partial charge in [-0.25, -0.2) is 12.7 Å². The molecule has 4 rings (SSSR count). The van der Waals surface area contributed by atoms with Gasteiger partial charge >= 0.3 is 0 Å². The zero-order chi connectivity index (χ0) is 24.5. The maximum Gasteiger partial charge on any atom is 0.265 e. The molecule has 1 heterocycles. The molecule has 10 heteroatoms. The van der Waals surface area contributed by atoms with Gasteiger partial charge < -0.3 is 15.0 Å². The fraction of sp³-hybridized carbons (Fsp3) is 0.167. The highest BCUT2D eigenvalue weighted by atomic mass is 79.9. The molecule has 2 amide bonds. The number of carbonyl (C=O) groups excluding carboxylic acids is 2. The van der Waals surface area contributed by atoms with E-state index in [4.69, 9.17) is 4.74 Å². The van der Waals surface area contributed by atoms with Gasteiger partial charge in [0, 0.05) is 29.8 Å². The van der Waals surface area contributed by atoms with Crippen LogP contribution in [0.1, 0.15) is 15.9 Å². The number of anilines is 2. The largest absolute Gasteiger partial charge is 0.482 e. The molecule has 0 aromatic heterocycles. The predicted molar refractivity (Wildman–Crippen MR) is 133 cm³/mol.